The van der Waals surface area contributed by atoms with Crippen molar-refractivity contribution in [3.8, 4) is 11.8 Å². The van der Waals surface area contributed by atoms with Crippen molar-refractivity contribution in [2.24, 2.45) is 0 Å². The van der Waals surface area contributed by atoms with Gasteiger partial charge in [0.05, 0.1) is 7.11 Å². The van der Waals surface area contributed by atoms with Crippen molar-refractivity contribution in [1.82, 2.24) is 9.97 Å². The fourth-order valence-corrected chi connectivity index (χ4v) is 2.02. The number of nitrogens with zero attached hydrogens (tertiary/aromatic N) is 3. The Bertz CT molecular complexity index is 624. The molecule has 0 unspecified atom stereocenters. The number of hydrogen-bond acceptors (Lipinski definition) is 5. The molecule has 6 heteroatoms. The molecule has 0 aliphatic heterocycles. The SMILES string of the molecule is COc1ccc(Br)cc1CNc1nccnc1C#N. The lowest BCUT2D eigenvalue weighted by atomic mass is 10.2. The van der Waals surface area contributed by atoms with Crippen LogP contribution < -0.4 is 10.1 Å². The van der Waals surface area contributed by atoms with Crippen molar-refractivity contribution in [2.45, 2.75) is 6.54 Å². The number of benzene rings is 1. The van der Waals surface area contributed by atoms with Gasteiger partial charge in [-0.1, -0.05) is 15.9 Å². The first kappa shape index (κ1) is 13.3. The maximum absolute atomic E-state index is 8.94. The number of methoxy groups -OCH3 is 1. The summed E-state index contributed by atoms with van der Waals surface area (Å²) in [6, 6.07) is 7.73. The summed E-state index contributed by atoms with van der Waals surface area (Å²) in [5.74, 6) is 1.24. The number of rotatable bonds is 4. The van der Waals surface area contributed by atoms with Crippen molar-refractivity contribution >= 4 is 21.7 Å². The Morgan fingerprint density at radius 1 is 1.37 bits per heavy atom. The van der Waals surface area contributed by atoms with E-state index in [1.54, 1.807) is 13.3 Å². The summed E-state index contributed by atoms with van der Waals surface area (Å²) in [6.45, 7) is 0.496. The lowest BCUT2D eigenvalue weighted by Gasteiger charge is -2.10. The minimum absolute atomic E-state index is 0.275. The van der Waals surface area contributed by atoms with Gasteiger partial charge in [-0.3, -0.25) is 0 Å². The van der Waals surface area contributed by atoms with Crippen LogP contribution in [-0.4, -0.2) is 17.1 Å². The van der Waals surface area contributed by atoms with E-state index in [-0.39, 0.29) is 5.69 Å². The van der Waals surface area contributed by atoms with E-state index in [9.17, 15) is 0 Å². The molecule has 2 rings (SSSR count). The third-order valence-electron chi connectivity index (χ3n) is 2.49. The van der Waals surface area contributed by atoms with E-state index in [4.69, 9.17) is 10.00 Å². The zero-order chi connectivity index (χ0) is 13.7. The first-order valence-electron chi connectivity index (χ1n) is 5.52. The van der Waals surface area contributed by atoms with E-state index in [1.807, 2.05) is 24.3 Å². The van der Waals surface area contributed by atoms with Crippen LogP contribution in [0.2, 0.25) is 0 Å². The van der Waals surface area contributed by atoms with Gasteiger partial charge >= 0.3 is 0 Å². The molecule has 96 valence electrons. The fourth-order valence-electron chi connectivity index (χ4n) is 1.61. The Morgan fingerprint density at radius 2 is 2.16 bits per heavy atom. The van der Waals surface area contributed by atoms with Gasteiger partial charge in [0.2, 0.25) is 0 Å². The predicted octanol–water partition coefficient (Wildman–Crippen LogP) is 2.73. The number of hydrogen-bond donors (Lipinski definition) is 1. The van der Waals surface area contributed by atoms with Crippen LogP contribution in [0, 0.1) is 11.3 Å². The highest BCUT2D eigenvalue weighted by atomic mass is 79.9. The topological polar surface area (TPSA) is 70.8 Å². The third kappa shape index (κ3) is 3.20. The van der Waals surface area contributed by atoms with Gasteiger partial charge in [0.15, 0.2) is 11.5 Å². The molecule has 0 radical (unpaired) electrons. The van der Waals surface area contributed by atoms with E-state index in [0.717, 1.165) is 15.8 Å². The average Bonchev–Trinajstić information content (AvgIpc) is 2.45. The molecule has 1 N–H and O–H groups in total. The van der Waals surface area contributed by atoms with Crippen LogP contribution >= 0.6 is 15.9 Å². The Morgan fingerprint density at radius 3 is 2.89 bits per heavy atom. The quantitative estimate of drug-likeness (QED) is 0.938. The number of aromatic nitrogens is 2. The van der Waals surface area contributed by atoms with Gasteiger partial charge in [0, 0.05) is 29.0 Å². The molecule has 0 aliphatic rings. The number of halogens is 1. The minimum atomic E-state index is 0.275. The molecule has 0 amide bonds. The van der Waals surface area contributed by atoms with Crippen molar-refractivity contribution in [2.75, 3.05) is 12.4 Å². The standard InChI is InChI=1S/C13H11BrN4O/c1-19-12-3-2-10(14)6-9(12)8-18-13-11(7-15)16-4-5-17-13/h2-6H,8H2,1H3,(H,17,18). The monoisotopic (exact) mass is 318 g/mol. The second-order valence-corrected chi connectivity index (χ2v) is 4.59. The first-order chi connectivity index (χ1) is 9.24. The molecule has 1 heterocycles. The summed E-state index contributed by atoms with van der Waals surface area (Å²) >= 11 is 3.42. The fraction of sp³-hybridized carbons (Fsp3) is 0.154. The van der Waals surface area contributed by atoms with E-state index in [2.05, 4.69) is 31.2 Å². The summed E-state index contributed by atoms with van der Waals surface area (Å²) in [7, 11) is 1.62. The molecule has 0 saturated heterocycles. The molecule has 0 spiro atoms. The highest BCUT2D eigenvalue weighted by Crippen LogP contribution is 2.23. The first-order valence-corrected chi connectivity index (χ1v) is 6.31. The maximum Gasteiger partial charge on any atom is 0.182 e. The van der Waals surface area contributed by atoms with Crippen LogP contribution in [-0.2, 0) is 6.54 Å². The number of anilines is 1. The van der Waals surface area contributed by atoms with Crippen LogP contribution in [0.3, 0.4) is 0 Å². The summed E-state index contributed by atoms with van der Waals surface area (Å²) in [5, 5.41) is 12.0. The highest BCUT2D eigenvalue weighted by Gasteiger charge is 2.07. The minimum Gasteiger partial charge on any atom is -0.496 e. The molecule has 19 heavy (non-hydrogen) atoms. The third-order valence-corrected chi connectivity index (χ3v) is 2.99. The molecule has 0 bridgehead atoms. The molecule has 0 aliphatic carbocycles. The molecule has 2 aromatic rings. The van der Waals surface area contributed by atoms with Crippen LogP contribution in [0.5, 0.6) is 5.75 Å². The zero-order valence-corrected chi connectivity index (χ0v) is 11.8. The highest BCUT2D eigenvalue weighted by molar-refractivity contribution is 9.10. The second kappa shape index (κ2) is 6.16. The van der Waals surface area contributed by atoms with Gasteiger partial charge in [0.25, 0.3) is 0 Å². The zero-order valence-electron chi connectivity index (χ0n) is 10.2. The van der Waals surface area contributed by atoms with Crippen LogP contribution in [0.15, 0.2) is 35.1 Å². The Balaban J connectivity index is 2.19. The predicted molar refractivity (Wildman–Crippen MR) is 74.8 cm³/mol. The number of nitriles is 1. The van der Waals surface area contributed by atoms with Crippen LogP contribution in [0.1, 0.15) is 11.3 Å². The van der Waals surface area contributed by atoms with Crippen molar-refractivity contribution in [1.29, 1.82) is 5.26 Å². The van der Waals surface area contributed by atoms with Crippen LogP contribution in [0.4, 0.5) is 5.82 Å². The molecule has 0 atom stereocenters. The molecule has 0 fully saturated rings. The van der Waals surface area contributed by atoms with Crippen molar-refractivity contribution in [3.63, 3.8) is 0 Å². The normalized spacial score (nSPS) is 9.74. The summed E-state index contributed by atoms with van der Waals surface area (Å²) < 4.78 is 6.25. The molecule has 1 aromatic carbocycles. The van der Waals surface area contributed by atoms with E-state index >= 15 is 0 Å². The van der Waals surface area contributed by atoms with Gasteiger partial charge in [-0.15, -0.1) is 0 Å². The molecule has 0 saturated carbocycles. The summed E-state index contributed by atoms with van der Waals surface area (Å²) in [4.78, 5) is 8.04. The van der Waals surface area contributed by atoms with Gasteiger partial charge < -0.3 is 10.1 Å². The number of nitrogens with one attached hydrogen (secondary N) is 1. The smallest absolute Gasteiger partial charge is 0.182 e. The van der Waals surface area contributed by atoms with Gasteiger partial charge in [-0.25, -0.2) is 9.97 Å². The maximum atomic E-state index is 8.94. The van der Waals surface area contributed by atoms with Gasteiger partial charge in [-0.05, 0) is 18.2 Å². The second-order valence-electron chi connectivity index (χ2n) is 3.68. The van der Waals surface area contributed by atoms with Gasteiger partial charge in [-0.2, -0.15) is 5.26 Å². The Kier molecular flexibility index (Phi) is 4.31. The van der Waals surface area contributed by atoms with Gasteiger partial charge in [0.1, 0.15) is 11.8 Å². The van der Waals surface area contributed by atoms with Crippen LogP contribution in [0.25, 0.3) is 0 Å². The lowest BCUT2D eigenvalue weighted by molar-refractivity contribution is 0.410. The molecule has 1 aromatic heterocycles. The lowest BCUT2D eigenvalue weighted by Crippen LogP contribution is -2.05. The Hall–Kier alpha value is -2.13. The molecular weight excluding hydrogens is 308 g/mol. The van der Waals surface area contributed by atoms with E-state index in [1.165, 1.54) is 6.20 Å². The molecule has 5 nitrogen and oxygen atoms in total. The van der Waals surface area contributed by atoms with Crippen molar-refractivity contribution < 1.29 is 4.74 Å². The van der Waals surface area contributed by atoms with Crippen molar-refractivity contribution in [3.05, 3.63) is 46.3 Å². The summed E-state index contributed by atoms with van der Waals surface area (Å²) in [6.07, 6.45) is 3.03. The molecular formula is C13H11BrN4O. The summed E-state index contributed by atoms with van der Waals surface area (Å²) in [5.41, 5.74) is 1.24. The van der Waals surface area contributed by atoms with E-state index in [0.29, 0.717) is 12.4 Å². The Labute approximate surface area is 119 Å². The van der Waals surface area contributed by atoms with E-state index < -0.39 is 0 Å². The average molecular weight is 319 g/mol. The largest absolute Gasteiger partial charge is 0.496 e. The number of ether oxygens (including phenoxy) is 1.